The molecule has 1 unspecified atom stereocenters. The minimum Gasteiger partial charge on any atom is -0.464 e. The molecule has 0 aliphatic carbocycles. The van der Waals surface area contributed by atoms with Gasteiger partial charge in [-0.05, 0) is 37.6 Å². The Morgan fingerprint density at radius 1 is 1.14 bits per heavy atom. The van der Waals surface area contributed by atoms with Crippen molar-refractivity contribution < 1.29 is 18.7 Å². The van der Waals surface area contributed by atoms with Crippen molar-refractivity contribution in [3.05, 3.63) is 35.6 Å². The van der Waals surface area contributed by atoms with Gasteiger partial charge in [-0.25, -0.2) is 9.18 Å². The van der Waals surface area contributed by atoms with Gasteiger partial charge in [0.2, 0.25) is 0 Å². The second-order valence-corrected chi connectivity index (χ2v) is 5.28. The maximum atomic E-state index is 12.8. The van der Waals surface area contributed by atoms with Crippen molar-refractivity contribution in [1.29, 1.82) is 0 Å². The average Bonchev–Trinajstić information content (AvgIpc) is 2.51. The van der Waals surface area contributed by atoms with Crippen LogP contribution in [0.2, 0.25) is 0 Å². The Kier molecular flexibility index (Phi) is 8.18. The molecule has 1 rings (SSSR count). The highest BCUT2D eigenvalue weighted by molar-refractivity contribution is 5.96. The second kappa shape index (κ2) is 9.92. The molecule has 0 aromatic heterocycles. The van der Waals surface area contributed by atoms with Crippen LogP contribution in [0.3, 0.4) is 0 Å². The van der Waals surface area contributed by atoms with Crippen LogP contribution in [-0.2, 0) is 9.53 Å². The first-order chi connectivity index (χ1) is 10.5. The smallest absolute Gasteiger partial charge is 0.328 e. The summed E-state index contributed by atoms with van der Waals surface area (Å²) in [6.07, 6.45) is 5.39. The zero-order valence-electron chi connectivity index (χ0n) is 13.2. The van der Waals surface area contributed by atoms with Gasteiger partial charge in [-0.15, -0.1) is 0 Å². The molecular weight excluding hydrogens is 285 g/mol. The van der Waals surface area contributed by atoms with Crippen LogP contribution in [0.25, 0.3) is 0 Å². The number of ether oxygens (including phenoxy) is 1. The van der Waals surface area contributed by atoms with E-state index in [1.165, 1.54) is 37.1 Å². The Hall–Kier alpha value is -1.91. The van der Waals surface area contributed by atoms with Crippen molar-refractivity contribution in [2.24, 2.45) is 0 Å². The molecule has 1 aromatic rings. The largest absolute Gasteiger partial charge is 0.464 e. The van der Waals surface area contributed by atoms with Crippen LogP contribution in [-0.4, -0.2) is 24.5 Å². The fourth-order valence-corrected chi connectivity index (χ4v) is 1.94. The van der Waals surface area contributed by atoms with E-state index in [1.54, 1.807) is 6.92 Å². The van der Waals surface area contributed by atoms with Crippen LogP contribution in [0.5, 0.6) is 0 Å². The molecule has 1 aromatic carbocycles. The zero-order chi connectivity index (χ0) is 16.4. The molecule has 1 amide bonds. The maximum absolute atomic E-state index is 12.8. The van der Waals surface area contributed by atoms with Crippen LogP contribution in [0.4, 0.5) is 4.39 Å². The standard InChI is InChI=1S/C17H24FNO3/c1-3-4-5-6-7-12-22-17(21)13(2)19-16(20)14-8-10-15(18)11-9-14/h8-11,13H,3-7,12H2,1-2H3,(H,19,20). The van der Waals surface area contributed by atoms with Gasteiger partial charge >= 0.3 is 5.97 Å². The van der Waals surface area contributed by atoms with E-state index in [-0.39, 0.29) is 0 Å². The van der Waals surface area contributed by atoms with Crippen molar-refractivity contribution in [3.63, 3.8) is 0 Å². The summed E-state index contributed by atoms with van der Waals surface area (Å²) in [6.45, 7) is 4.09. The lowest BCUT2D eigenvalue weighted by Gasteiger charge is -2.13. The first-order valence-corrected chi connectivity index (χ1v) is 7.77. The van der Waals surface area contributed by atoms with Crippen molar-refractivity contribution in [3.8, 4) is 0 Å². The molecule has 0 heterocycles. The Morgan fingerprint density at radius 2 is 1.77 bits per heavy atom. The van der Waals surface area contributed by atoms with Crippen molar-refractivity contribution >= 4 is 11.9 Å². The molecule has 1 atom stereocenters. The van der Waals surface area contributed by atoms with Crippen LogP contribution in [0.1, 0.15) is 56.3 Å². The number of amides is 1. The number of hydrogen-bond donors (Lipinski definition) is 1. The number of esters is 1. The van der Waals surface area contributed by atoms with E-state index in [2.05, 4.69) is 12.2 Å². The molecular formula is C17H24FNO3. The molecule has 0 aliphatic rings. The van der Waals surface area contributed by atoms with Crippen LogP contribution >= 0.6 is 0 Å². The van der Waals surface area contributed by atoms with Gasteiger partial charge < -0.3 is 10.1 Å². The number of unbranched alkanes of at least 4 members (excludes halogenated alkanes) is 4. The average molecular weight is 309 g/mol. The molecule has 0 aliphatic heterocycles. The lowest BCUT2D eigenvalue weighted by atomic mass is 10.2. The summed E-state index contributed by atoms with van der Waals surface area (Å²) >= 11 is 0. The van der Waals surface area contributed by atoms with Crippen LogP contribution < -0.4 is 5.32 Å². The molecule has 0 spiro atoms. The lowest BCUT2D eigenvalue weighted by Crippen LogP contribution is -2.39. The second-order valence-electron chi connectivity index (χ2n) is 5.28. The monoisotopic (exact) mass is 309 g/mol. The number of halogens is 1. The molecule has 22 heavy (non-hydrogen) atoms. The van der Waals surface area contributed by atoms with Gasteiger partial charge in [-0.3, -0.25) is 4.79 Å². The van der Waals surface area contributed by atoms with Gasteiger partial charge in [0.05, 0.1) is 6.61 Å². The lowest BCUT2D eigenvalue weighted by molar-refractivity contribution is -0.145. The van der Waals surface area contributed by atoms with E-state index in [9.17, 15) is 14.0 Å². The number of rotatable bonds is 9. The van der Waals surface area contributed by atoms with Gasteiger partial charge in [0.15, 0.2) is 0 Å². The fraction of sp³-hybridized carbons (Fsp3) is 0.529. The maximum Gasteiger partial charge on any atom is 0.328 e. The number of benzene rings is 1. The highest BCUT2D eigenvalue weighted by atomic mass is 19.1. The van der Waals surface area contributed by atoms with E-state index in [1.807, 2.05) is 0 Å². The van der Waals surface area contributed by atoms with Crippen LogP contribution in [0.15, 0.2) is 24.3 Å². The van der Waals surface area contributed by atoms with Crippen LogP contribution in [0, 0.1) is 5.82 Å². The quantitative estimate of drug-likeness (QED) is 0.561. The first-order valence-electron chi connectivity index (χ1n) is 7.77. The topological polar surface area (TPSA) is 55.4 Å². The summed E-state index contributed by atoms with van der Waals surface area (Å²) in [4.78, 5) is 23.6. The van der Waals surface area contributed by atoms with E-state index in [0.717, 1.165) is 19.3 Å². The van der Waals surface area contributed by atoms with E-state index < -0.39 is 23.7 Å². The normalized spacial score (nSPS) is 11.8. The summed E-state index contributed by atoms with van der Waals surface area (Å²) in [5, 5.41) is 2.54. The predicted molar refractivity (Wildman–Crippen MR) is 83.0 cm³/mol. The SMILES string of the molecule is CCCCCCCOC(=O)C(C)NC(=O)c1ccc(F)cc1. The van der Waals surface area contributed by atoms with Gasteiger partial charge in [-0.2, -0.15) is 0 Å². The number of nitrogens with one attached hydrogen (secondary N) is 1. The number of carbonyl (C=O) groups excluding carboxylic acids is 2. The van der Waals surface area contributed by atoms with E-state index in [0.29, 0.717) is 12.2 Å². The van der Waals surface area contributed by atoms with Gasteiger partial charge in [-0.1, -0.05) is 32.6 Å². The van der Waals surface area contributed by atoms with Crippen molar-refractivity contribution in [2.45, 2.75) is 52.0 Å². The minimum atomic E-state index is -0.729. The summed E-state index contributed by atoms with van der Waals surface area (Å²) < 4.78 is 17.9. The number of hydrogen-bond acceptors (Lipinski definition) is 3. The molecule has 0 saturated heterocycles. The summed E-state index contributed by atoms with van der Waals surface area (Å²) in [5.74, 6) is -1.29. The Labute approximate surface area is 131 Å². The molecule has 0 fully saturated rings. The Bertz CT molecular complexity index is 473. The fourth-order valence-electron chi connectivity index (χ4n) is 1.94. The Morgan fingerprint density at radius 3 is 2.41 bits per heavy atom. The zero-order valence-corrected chi connectivity index (χ0v) is 13.2. The third kappa shape index (κ3) is 6.70. The van der Waals surface area contributed by atoms with Crippen molar-refractivity contribution in [2.75, 3.05) is 6.61 Å². The summed E-state index contributed by atoms with van der Waals surface area (Å²) in [6, 6.07) is 4.42. The van der Waals surface area contributed by atoms with Gasteiger partial charge in [0.25, 0.3) is 5.91 Å². The molecule has 0 saturated carbocycles. The number of carbonyl (C=O) groups is 2. The van der Waals surface area contributed by atoms with E-state index >= 15 is 0 Å². The molecule has 0 bridgehead atoms. The third-order valence-electron chi connectivity index (χ3n) is 3.30. The Balaban J connectivity index is 2.28. The summed E-state index contributed by atoms with van der Waals surface area (Å²) in [7, 11) is 0. The highest BCUT2D eigenvalue weighted by Gasteiger charge is 2.17. The molecule has 122 valence electrons. The van der Waals surface area contributed by atoms with Gasteiger partial charge in [0, 0.05) is 5.56 Å². The minimum absolute atomic E-state index is 0.306. The molecule has 0 radical (unpaired) electrons. The molecule has 5 heteroatoms. The van der Waals surface area contributed by atoms with Crippen molar-refractivity contribution in [1.82, 2.24) is 5.32 Å². The third-order valence-corrected chi connectivity index (χ3v) is 3.30. The predicted octanol–water partition coefficient (Wildman–Crippen LogP) is 3.46. The van der Waals surface area contributed by atoms with E-state index in [4.69, 9.17) is 4.74 Å². The molecule has 4 nitrogen and oxygen atoms in total. The molecule has 1 N–H and O–H groups in total. The van der Waals surface area contributed by atoms with Gasteiger partial charge in [0.1, 0.15) is 11.9 Å². The highest BCUT2D eigenvalue weighted by Crippen LogP contribution is 2.05. The summed E-state index contributed by atoms with van der Waals surface area (Å²) in [5.41, 5.74) is 0.306. The first kappa shape index (κ1) is 18.1.